The summed E-state index contributed by atoms with van der Waals surface area (Å²) in [5.41, 5.74) is 2.78. The standard InChI is InChI=1S/C22H29N3O4S/c1-3-29-21-9-7-19(8-10-21)22(26)23-11-16-30(27,28)25-14-12-24(13-15-25)20-6-4-5-18(2)17-20/h4-10,17H,3,11-16H2,1-2H3,(H,23,26). The van der Waals surface area contributed by atoms with Crippen molar-refractivity contribution in [3.05, 3.63) is 59.7 Å². The molecular weight excluding hydrogens is 402 g/mol. The molecule has 3 rings (SSSR count). The second-order valence-corrected chi connectivity index (χ2v) is 9.34. The third-order valence-electron chi connectivity index (χ3n) is 5.07. The molecule has 0 spiro atoms. The van der Waals surface area contributed by atoms with Crippen molar-refractivity contribution in [2.75, 3.05) is 50.0 Å². The van der Waals surface area contributed by atoms with Crippen molar-refractivity contribution in [1.82, 2.24) is 9.62 Å². The summed E-state index contributed by atoms with van der Waals surface area (Å²) in [6, 6.07) is 15.0. The van der Waals surface area contributed by atoms with E-state index in [4.69, 9.17) is 4.74 Å². The van der Waals surface area contributed by atoms with Gasteiger partial charge in [-0.05, 0) is 55.8 Å². The van der Waals surface area contributed by atoms with Crippen LogP contribution in [0.15, 0.2) is 48.5 Å². The van der Waals surface area contributed by atoms with Crippen molar-refractivity contribution in [3.8, 4) is 5.75 Å². The van der Waals surface area contributed by atoms with Crippen LogP contribution in [0.4, 0.5) is 5.69 Å². The molecule has 0 atom stereocenters. The Morgan fingerprint density at radius 1 is 1.07 bits per heavy atom. The van der Waals surface area contributed by atoms with E-state index in [1.54, 1.807) is 24.3 Å². The highest BCUT2D eigenvalue weighted by molar-refractivity contribution is 7.89. The molecule has 0 bridgehead atoms. The van der Waals surface area contributed by atoms with Gasteiger partial charge in [-0.1, -0.05) is 12.1 Å². The molecule has 7 nitrogen and oxygen atoms in total. The first kappa shape index (κ1) is 22.1. The first-order valence-corrected chi connectivity index (χ1v) is 11.8. The number of amides is 1. The zero-order valence-corrected chi connectivity index (χ0v) is 18.3. The number of hydrogen-bond acceptors (Lipinski definition) is 5. The molecule has 1 aliphatic heterocycles. The van der Waals surface area contributed by atoms with E-state index in [0.717, 1.165) is 5.69 Å². The fraction of sp³-hybridized carbons (Fsp3) is 0.409. The van der Waals surface area contributed by atoms with Crippen LogP contribution in [0.5, 0.6) is 5.75 Å². The Bertz CT molecular complexity index is 953. The van der Waals surface area contributed by atoms with Gasteiger partial charge in [-0.3, -0.25) is 4.79 Å². The molecule has 1 saturated heterocycles. The second kappa shape index (κ2) is 9.95. The molecule has 0 radical (unpaired) electrons. The van der Waals surface area contributed by atoms with E-state index in [1.165, 1.54) is 9.87 Å². The quantitative estimate of drug-likeness (QED) is 0.694. The summed E-state index contributed by atoms with van der Waals surface area (Å²) in [4.78, 5) is 14.4. The number of carbonyl (C=O) groups excluding carboxylic acids is 1. The lowest BCUT2D eigenvalue weighted by molar-refractivity contribution is 0.0956. The van der Waals surface area contributed by atoms with E-state index in [0.29, 0.717) is 44.1 Å². The van der Waals surface area contributed by atoms with Gasteiger partial charge in [0.2, 0.25) is 10.0 Å². The molecule has 1 amide bonds. The smallest absolute Gasteiger partial charge is 0.251 e. The van der Waals surface area contributed by atoms with Gasteiger partial charge in [0.15, 0.2) is 0 Å². The Morgan fingerprint density at radius 3 is 2.40 bits per heavy atom. The average Bonchev–Trinajstić information content (AvgIpc) is 2.74. The van der Waals surface area contributed by atoms with Crippen molar-refractivity contribution in [1.29, 1.82) is 0 Å². The summed E-state index contributed by atoms with van der Waals surface area (Å²) in [5, 5.41) is 2.69. The Morgan fingerprint density at radius 2 is 1.77 bits per heavy atom. The van der Waals surface area contributed by atoms with Crippen molar-refractivity contribution >= 4 is 21.6 Å². The lowest BCUT2D eigenvalue weighted by atomic mass is 10.2. The van der Waals surface area contributed by atoms with E-state index >= 15 is 0 Å². The molecule has 0 aliphatic carbocycles. The Balaban J connectivity index is 1.47. The minimum absolute atomic E-state index is 0.0759. The molecule has 1 aliphatic rings. The SMILES string of the molecule is CCOc1ccc(C(=O)NCCS(=O)(=O)N2CCN(c3cccc(C)c3)CC2)cc1. The van der Waals surface area contributed by atoms with Gasteiger partial charge in [0.1, 0.15) is 5.75 Å². The molecule has 162 valence electrons. The molecule has 2 aromatic carbocycles. The van der Waals surface area contributed by atoms with E-state index in [-0.39, 0.29) is 18.2 Å². The van der Waals surface area contributed by atoms with Gasteiger partial charge in [0, 0.05) is 44.0 Å². The number of benzene rings is 2. The maximum atomic E-state index is 12.7. The van der Waals surface area contributed by atoms with Crippen LogP contribution in [-0.2, 0) is 10.0 Å². The van der Waals surface area contributed by atoms with Crippen molar-refractivity contribution < 1.29 is 17.9 Å². The molecule has 0 saturated carbocycles. The van der Waals surface area contributed by atoms with Gasteiger partial charge in [-0.25, -0.2) is 8.42 Å². The van der Waals surface area contributed by atoms with Crippen LogP contribution in [0.2, 0.25) is 0 Å². The number of piperazine rings is 1. The first-order valence-electron chi connectivity index (χ1n) is 10.2. The third kappa shape index (κ3) is 5.73. The van der Waals surface area contributed by atoms with Crippen LogP contribution in [0.25, 0.3) is 0 Å². The van der Waals surface area contributed by atoms with Crippen LogP contribution in [0.3, 0.4) is 0 Å². The number of carbonyl (C=O) groups is 1. The van der Waals surface area contributed by atoms with Crippen LogP contribution >= 0.6 is 0 Å². The maximum Gasteiger partial charge on any atom is 0.251 e. The predicted molar refractivity (Wildman–Crippen MR) is 119 cm³/mol. The Kier molecular flexibility index (Phi) is 7.33. The monoisotopic (exact) mass is 431 g/mol. The lowest BCUT2D eigenvalue weighted by Gasteiger charge is -2.35. The Hall–Kier alpha value is -2.58. The zero-order valence-electron chi connectivity index (χ0n) is 17.5. The molecule has 1 fully saturated rings. The number of ether oxygens (including phenoxy) is 1. The van der Waals surface area contributed by atoms with Gasteiger partial charge in [0.25, 0.3) is 5.91 Å². The molecular formula is C22H29N3O4S. The molecule has 2 aromatic rings. The third-order valence-corrected chi connectivity index (χ3v) is 6.94. The number of sulfonamides is 1. The topological polar surface area (TPSA) is 78.9 Å². The summed E-state index contributed by atoms with van der Waals surface area (Å²) in [5.74, 6) is 0.291. The van der Waals surface area contributed by atoms with E-state index in [9.17, 15) is 13.2 Å². The van der Waals surface area contributed by atoms with E-state index in [2.05, 4.69) is 16.3 Å². The largest absolute Gasteiger partial charge is 0.494 e. The van der Waals surface area contributed by atoms with Gasteiger partial charge in [-0.15, -0.1) is 0 Å². The van der Waals surface area contributed by atoms with E-state index in [1.807, 2.05) is 32.0 Å². The zero-order chi connectivity index (χ0) is 21.6. The summed E-state index contributed by atoms with van der Waals surface area (Å²) in [6.07, 6.45) is 0. The second-order valence-electron chi connectivity index (χ2n) is 7.25. The highest BCUT2D eigenvalue weighted by Crippen LogP contribution is 2.19. The van der Waals surface area contributed by atoms with Crippen LogP contribution in [-0.4, -0.2) is 63.7 Å². The molecule has 1 N–H and O–H groups in total. The Labute approximate surface area is 178 Å². The predicted octanol–water partition coefficient (Wildman–Crippen LogP) is 2.28. The van der Waals surface area contributed by atoms with Gasteiger partial charge in [0.05, 0.1) is 12.4 Å². The first-order chi connectivity index (χ1) is 14.4. The minimum Gasteiger partial charge on any atom is -0.494 e. The number of hydrogen-bond donors (Lipinski definition) is 1. The van der Waals surface area contributed by atoms with Crippen LogP contribution in [0.1, 0.15) is 22.8 Å². The van der Waals surface area contributed by atoms with E-state index < -0.39 is 10.0 Å². The summed E-state index contributed by atoms with van der Waals surface area (Å²) in [6.45, 7) is 6.78. The lowest BCUT2D eigenvalue weighted by Crippen LogP contribution is -2.50. The fourth-order valence-corrected chi connectivity index (χ4v) is 4.78. The van der Waals surface area contributed by atoms with Gasteiger partial charge in [-0.2, -0.15) is 4.31 Å². The highest BCUT2D eigenvalue weighted by atomic mass is 32.2. The van der Waals surface area contributed by atoms with Crippen LogP contribution < -0.4 is 15.0 Å². The van der Waals surface area contributed by atoms with Crippen molar-refractivity contribution in [2.45, 2.75) is 13.8 Å². The molecule has 0 unspecified atom stereocenters. The normalized spacial score (nSPS) is 15.1. The summed E-state index contributed by atoms with van der Waals surface area (Å²) >= 11 is 0. The van der Waals surface area contributed by atoms with Crippen molar-refractivity contribution in [2.24, 2.45) is 0 Å². The summed E-state index contributed by atoms with van der Waals surface area (Å²) in [7, 11) is -3.42. The fourth-order valence-electron chi connectivity index (χ4n) is 3.44. The number of nitrogens with one attached hydrogen (secondary N) is 1. The van der Waals surface area contributed by atoms with Crippen molar-refractivity contribution in [3.63, 3.8) is 0 Å². The van der Waals surface area contributed by atoms with Gasteiger partial charge >= 0.3 is 0 Å². The molecule has 1 heterocycles. The van der Waals surface area contributed by atoms with Gasteiger partial charge < -0.3 is 15.0 Å². The highest BCUT2D eigenvalue weighted by Gasteiger charge is 2.27. The number of nitrogens with zero attached hydrogens (tertiary/aromatic N) is 2. The summed E-state index contributed by atoms with van der Waals surface area (Å²) < 4.78 is 32.2. The minimum atomic E-state index is -3.42. The van der Waals surface area contributed by atoms with Crippen LogP contribution in [0, 0.1) is 6.92 Å². The maximum absolute atomic E-state index is 12.7. The number of aryl methyl sites for hydroxylation is 1. The molecule has 8 heteroatoms. The number of anilines is 1. The number of rotatable bonds is 8. The molecule has 0 aromatic heterocycles. The average molecular weight is 432 g/mol. The molecule has 30 heavy (non-hydrogen) atoms.